The molecule has 2 heterocycles. The summed E-state index contributed by atoms with van der Waals surface area (Å²) in [6.45, 7) is 0.276. The maximum Gasteiger partial charge on any atom is 0.274 e. The largest absolute Gasteiger partial charge is 0.486 e. The van der Waals surface area contributed by atoms with E-state index >= 15 is 0 Å². The van der Waals surface area contributed by atoms with Gasteiger partial charge in [-0.05, 0) is 69.5 Å². The highest BCUT2D eigenvalue weighted by Gasteiger charge is 2.13. The Morgan fingerprint density at radius 2 is 1.84 bits per heavy atom. The lowest BCUT2D eigenvalue weighted by molar-refractivity contribution is 0.304. The first-order valence-electron chi connectivity index (χ1n) is 9.38. The molecule has 160 valence electrons. The summed E-state index contributed by atoms with van der Waals surface area (Å²) in [5, 5.41) is 1.37. The Labute approximate surface area is 209 Å². The molecule has 0 unspecified atom stereocenters. The molecular weight excluding hydrogens is 555 g/mol. The van der Waals surface area contributed by atoms with E-state index < -0.39 is 0 Å². The number of para-hydroxylation sites is 2. The fourth-order valence-corrected chi connectivity index (χ4v) is 5.65. The van der Waals surface area contributed by atoms with E-state index in [4.69, 9.17) is 39.5 Å². The lowest BCUT2D eigenvalue weighted by Gasteiger charge is -2.11. The second kappa shape index (κ2) is 8.69. The van der Waals surface area contributed by atoms with Crippen LogP contribution in [0.4, 0.5) is 0 Å². The molecular formula is C23H12BrCl3N2O2S. The van der Waals surface area contributed by atoms with Crippen molar-refractivity contribution in [3.8, 4) is 5.75 Å². The first-order chi connectivity index (χ1) is 15.4. The zero-order valence-corrected chi connectivity index (χ0v) is 20.8. The molecule has 0 amide bonds. The third-order valence-corrected chi connectivity index (χ3v) is 7.41. The van der Waals surface area contributed by atoms with E-state index in [1.807, 2.05) is 36.4 Å². The van der Waals surface area contributed by atoms with Gasteiger partial charge in [0.15, 0.2) is 10.7 Å². The van der Waals surface area contributed by atoms with E-state index in [2.05, 4.69) is 20.9 Å². The lowest BCUT2D eigenvalue weighted by Crippen LogP contribution is -2.22. The molecule has 0 radical (unpaired) electrons. The van der Waals surface area contributed by atoms with Gasteiger partial charge in [0.05, 0.1) is 35.1 Å². The van der Waals surface area contributed by atoms with Crippen LogP contribution in [-0.2, 0) is 6.61 Å². The molecule has 2 aromatic heterocycles. The van der Waals surface area contributed by atoms with Gasteiger partial charge in [0.2, 0.25) is 0 Å². The first kappa shape index (κ1) is 21.7. The van der Waals surface area contributed by atoms with Crippen LogP contribution in [0.2, 0.25) is 15.1 Å². The number of ether oxygens (including phenoxy) is 1. The maximum atomic E-state index is 13.0. The van der Waals surface area contributed by atoms with Gasteiger partial charge in [-0.2, -0.15) is 0 Å². The highest BCUT2D eigenvalue weighted by atomic mass is 79.9. The topological polar surface area (TPSA) is 43.6 Å². The van der Waals surface area contributed by atoms with E-state index in [1.54, 1.807) is 28.7 Å². The van der Waals surface area contributed by atoms with Crippen LogP contribution >= 0.6 is 62.1 Å². The van der Waals surface area contributed by atoms with Crippen molar-refractivity contribution in [1.82, 2.24) is 9.38 Å². The summed E-state index contributed by atoms with van der Waals surface area (Å²) in [6, 6.07) is 16.5. The number of hydrogen-bond donors (Lipinski definition) is 0. The van der Waals surface area contributed by atoms with Crippen LogP contribution in [0.1, 0.15) is 11.1 Å². The van der Waals surface area contributed by atoms with Crippen molar-refractivity contribution in [2.45, 2.75) is 6.61 Å². The van der Waals surface area contributed by atoms with Gasteiger partial charge in [-0.15, -0.1) is 0 Å². The van der Waals surface area contributed by atoms with Crippen LogP contribution in [0.5, 0.6) is 5.75 Å². The molecule has 0 atom stereocenters. The summed E-state index contributed by atoms with van der Waals surface area (Å²) in [4.78, 5) is 18.2. The van der Waals surface area contributed by atoms with Gasteiger partial charge >= 0.3 is 0 Å². The summed E-state index contributed by atoms with van der Waals surface area (Å²) in [5.41, 5.74) is 3.13. The second-order valence-corrected chi connectivity index (χ2v) is 10.1. The Hall–Kier alpha value is -2.09. The Kier molecular flexibility index (Phi) is 5.90. The number of hydrogen-bond acceptors (Lipinski definition) is 4. The number of imidazole rings is 1. The lowest BCUT2D eigenvalue weighted by atomic mass is 10.2. The van der Waals surface area contributed by atoms with Crippen molar-refractivity contribution >= 4 is 84.1 Å². The van der Waals surface area contributed by atoms with Gasteiger partial charge in [-0.1, -0.05) is 64.3 Å². The zero-order chi connectivity index (χ0) is 22.4. The molecule has 0 fully saturated rings. The molecule has 32 heavy (non-hydrogen) atoms. The molecule has 5 aromatic rings. The maximum absolute atomic E-state index is 13.0. The van der Waals surface area contributed by atoms with Gasteiger partial charge < -0.3 is 4.74 Å². The highest BCUT2D eigenvalue weighted by Crippen LogP contribution is 2.35. The molecule has 0 saturated carbocycles. The minimum Gasteiger partial charge on any atom is -0.486 e. The fraction of sp³-hybridized carbons (Fsp3) is 0.0435. The fourth-order valence-electron chi connectivity index (χ4n) is 3.35. The van der Waals surface area contributed by atoms with Crippen LogP contribution in [-0.4, -0.2) is 9.38 Å². The van der Waals surface area contributed by atoms with Gasteiger partial charge in [-0.25, -0.2) is 9.38 Å². The molecule has 4 nitrogen and oxygen atoms in total. The van der Waals surface area contributed by atoms with E-state index in [9.17, 15) is 4.79 Å². The summed E-state index contributed by atoms with van der Waals surface area (Å²) >= 11 is 23.4. The molecule has 0 saturated heterocycles. The molecule has 0 aliphatic rings. The standard InChI is InChI=1S/C23H12BrCl3N2O2S/c24-14-7-13(9-17(27)21(14)31-11-12-5-6-15(25)16(26)8-12)10-20-22(30)29-19-4-2-1-3-18(19)28-23(29)32-20/h1-10H,11H2/b20-10-. The average molecular weight is 567 g/mol. The molecule has 0 aliphatic carbocycles. The Morgan fingerprint density at radius 3 is 2.62 bits per heavy atom. The van der Waals surface area contributed by atoms with Crippen LogP contribution in [0.3, 0.4) is 0 Å². The van der Waals surface area contributed by atoms with Crippen molar-refractivity contribution in [3.63, 3.8) is 0 Å². The third kappa shape index (κ3) is 4.02. The van der Waals surface area contributed by atoms with Crippen molar-refractivity contribution in [1.29, 1.82) is 0 Å². The summed E-state index contributed by atoms with van der Waals surface area (Å²) in [6.07, 6.45) is 1.80. The second-order valence-electron chi connectivity index (χ2n) is 6.99. The van der Waals surface area contributed by atoms with Gasteiger partial charge in [0.25, 0.3) is 5.56 Å². The summed E-state index contributed by atoms with van der Waals surface area (Å²) < 4.78 is 8.78. The monoisotopic (exact) mass is 564 g/mol. The highest BCUT2D eigenvalue weighted by molar-refractivity contribution is 9.10. The molecule has 9 heteroatoms. The Morgan fingerprint density at radius 1 is 1.03 bits per heavy atom. The number of fused-ring (bicyclic) bond motifs is 3. The van der Waals surface area contributed by atoms with Crippen LogP contribution < -0.4 is 14.8 Å². The van der Waals surface area contributed by atoms with Crippen LogP contribution in [0.15, 0.2) is 63.9 Å². The average Bonchev–Trinajstić information content (AvgIpc) is 3.26. The van der Waals surface area contributed by atoms with Crippen molar-refractivity contribution in [2.24, 2.45) is 0 Å². The predicted octanol–water partition coefficient (Wildman–Crippen LogP) is 6.76. The third-order valence-electron chi connectivity index (χ3n) is 4.83. The first-order valence-corrected chi connectivity index (χ1v) is 12.1. The minimum atomic E-state index is -0.106. The summed E-state index contributed by atoms with van der Waals surface area (Å²) in [5.74, 6) is 0.504. The predicted molar refractivity (Wildman–Crippen MR) is 136 cm³/mol. The van der Waals surface area contributed by atoms with Crippen LogP contribution in [0, 0.1) is 0 Å². The van der Waals surface area contributed by atoms with Crippen molar-refractivity contribution in [3.05, 3.63) is 100 Å². The van der Waals surface area contributed by atoms with Crippen LogP contribution in [0.25, 0.3) is 22.1 Å². The molecule has 0 spiro atoms. The zero-order valence-electron chi connectivity index (χ0n) is 16.1. The molecule has 0 N–H and O–H groups in total. The van der Waals surface area contributed by atoms with Crippen molar-refractivity contribution < 1.29 is 4.74 Å². The van der Waals surface area contributed by atoms with Gasteiger partial charge in [-0.3, -0.25) is 4.79 Å². The van der Waals surface area contributed by atoms with Crippen molar-refractivity contribution in [2.75, 3.05) is 0 Å². The van der Waals surface area contributed by atoms with Gasteiger partial charge in [0.1, 0.15) is 6.61 Å². The smallest absolute Gasteiger partial charge is 0.274 e. The van der Waals surface area contributed by atoms with Gasteiger partial charge in [0, 0.05) is 0 Å². The molecule has 0 aliphatic heterocycles. The number of benzene rings is 3. The quantitative estimate of drug-likeness (QED) is 0.242. The van der Waals surface area contributed by atoms with E-state index in [1.165, 1.54) is 11.3 Å². The number of thiazole rings is 1. The summed E-state index contributed by atoms with van der Waals surface area (Å²) in [7, 11) is 0. The molecule has 0 bridgehead atoms. The van der Waals surface area contributed by atoms with E-state index in [-0.39, 0.29) is 12.2 Å². The minimum absolute atomic E-state index is 0.106. The molecule has 3 aromatic carbocycles. The number of halogens is 4. The molecule has 5 rings (SSSR count). The Balaban J connectivity index is 1.47. The number of aromatic nitrogens is 2. The van der Waals surface area contributed by atoms with E-state index in [0.717, 1.165) is 22.2 Å². The Bertz CT molecular complexity index is 1590. The van der Waals surface area contributed by atoms with E-state index in [0.29, 0.717) is 34.8 Å². The SMILES string of the molecule is O=c1/c(=C/c2cc(Cl)c(OCc3ccc(Cl)c(Cl)c3)c(Br)c2)sc2nc3ccccc3n12. The number of nitrogens with zero attached hydrogens (tertiary/aromatic N) is 2. The normalized spacial score (nSPS) is 12.2. The number of rotatable bonds is 4.